The second kappa shape index (κ2) is 8.23. The molecule has 2 heterocycles. The third-order valence-corrected chi connectivity index (χ3v) is 7.33. The molecule has 2 fully saturated rings. The number of likely N-dealkylation sites (tertiary alicyclic amines) is 1. The lowest BCUT2D eigenvalue weighted by Gasteiger charge is -2.27. The first-order valence-electron chi connectivity index (χ1n) is 9.98. The van der Waals surface area contributed by atoms with E-state index in [2.05, 4.69) is 17.4 Å². The fourth-order valence-corrected chi connectivity index (χ4v) is 5.71. The summed E-state index contributed by atoms with van der Waals surface area (Å²) in [5.41, 5.74) is 2.68. The highest BCUT2D eigenvalue weighted by Gasteiger charge is 2.41. The number of amides is 1. The number of Topliss-reactive ketones (excluding diaryl/α,β-unsaturated/α-hetero) is 1. The number of rotatable bonds is 5. The average molecular weight is 389 g/mol. The summed E-state index contributed by atoms with van der Waals surface area (Å²) in [6, 6.07) is 5.93. The highest BCUT2D eigenvalue weighted by atomic mass is 32.2. The summed E-state index contributed by atoms with van der Waals surface area (Å²) in [6.07, 6.45) is 5.71. The predicted molar refractivity (Wildman–Crippen MR) is 107 cm³/mol. The maximum Gasteiger partial charge on any atom is 0.241 e. The lowest BCUT2D eigenvalue weighted by atomic mass is 9.80. The van der Waals surface area contributed by atoms with E-state index in [9.17, 15) is 9.59 Å². The third kappa shape index (κ3) is 4.02. The van der Waals surface area contributed by atoms with Crippen molar-refractivity contribution in [3.63, 3.8) is 0 Å². The molecule has 146 valence electrons. The fraction of sp³-hybridized carbons (Fsp3) is 0.619. The Bertz CT molecular complexity index is 717. The molecule has 27 heavy (non-hydrogen) atoms. The molecule has 3 atom stereocenters. The highest BCUT2D eigenvalue weighted by molar-refractivity contribution is 8.00. The topological polar surface area (TPSA) is 58.6 Å². The van der Waals surface area contributed by atoms with Crippen molar-refractivity contribution < 1.29 is 14.3 Å². The minimum absolute atomic E-state index is 0.122. The van der Waals surface area contributed by atoms with Crippen molar-refractivity contribution in [3.8, 4) is 5.75 Å². The molecule has 0 saturated carbocycles. The van der Waals surface area contributed by atoms with Crippen LogP contribution in [0.1, 0.15) is 36.8 Å². The van der Waals surface area contributed by atoms with Gasteiger partial charge in [-0.1, -0.05) is 6.07 Å². The SMILES string of the molecule is COc1ccc2c(c1)CCC(CC(=O)C1SCN[C@@H]1C(=O)N1CCCC1)C2. The van der Waals surface area contributed by atoms with E-state index < -0.39 is 0 Å². The normalized spacial score (nSPS) is 27.4. The Morgan fingerprint density at radius 3 is 2.85 bits per heavy atom. The molecule has 0 aromatic heterocycles. The maximum atomic E-state index is 13.0. The average Bonchev–Trinajstić information content (AvgIpc) is 3.39. The molecule has 1 aliphatic carbocycles. The Balaban J connectivity index is 1.37. The van der Waals surface area contributed by atoms with Gasteiger partial charge in [0.25, 0.3) is 0 Å². The fourth-order valence-electron chi connectivity index (χ4n) is 4.57. The quantitative estimate of drug-likeness (QED) is 0.839. The van der Waals surface area contributed by atoms with E-state index in [1.807, 2.05) is 11.0 Å². The van der Waals surface area contributed by atoms with Gasteiger partial charge >= 0.3 is 0 Å². The molecule has 6 heteroatoms. The Hall–Kier alpha value is -1.53. The molecular weight excluding hydrogens is 360 g/mol. The molecule has 5 nitrogen and oxygen atoms in total. The summed E-state index contributed by atoms with van der Waals surface area (Å²) in [5, 5.41) is 3.04. The summed E-state index contributed by atoms with van der Waals surface area (Å²) < 4.78 is 5.32. The zero-order valence-corrected chi connectivity index (χ0v) is 16.7. The molecule has 1 amide bonds. The standard InChI is InChI=1S/C21H28N2O3S/c1-26-17-7-6-15-10-14(4-5-16(15)12-17)11-18(24)20-19(22-13-27-20)21(25)23-8-2-3-9-23/h6-7,12,14,19-20,22H,2-5,8-11,13H2,1H3/t14?,19-,20?/m0/s1. The van der Waals surface area contributed by atoms with Gasteiger partial charge in [-0.05, 0) is 61.3 Å². The van der Waals surface area contributed by atoms with Gasteiger partial charge in [0.1, 0.15) is 17.6 Å². The van der Waals surface area contributed by atoms with Gasteiger partial charge in [0.05, 0.1) is 12.4 Å². The Morgan fingerprint density at radius 1 is 1.26 bits per heavy atom. The molecular formula is C21H28N2O3S. The first-order chi connectivity index (χ1) is 13.2. The number of fused-ring (bicyclic) bond motifs is 1. The largest absolute Gasteiger partial charge is 0.497 e. The number of benzene rings is 1. The summed E-state index contributed by atoms with van der Waals surface area (Å²) in [6.45, 7) is 1.68. The first kappa shape index (κ1) is 18.8. The van der Waals surface area contributed by atoms with E-state index in [-0.39, 0.29) is 23.0 Å². The maximum absolute atomic E-state index is 13.0. The molecule has 1 aromatic carbocycles. The molecule has 2 saturated heterocycles. The van der Waals surface area contributed by atoms with E-state index in [0.717, 1.165) is 50.9 Å². The van der Waals surface area contributed by atoms with Gasteiger partial charge in [-0.3, -0.25) is 14.9 Å². The second-order valence-corrected chi connectivity index (χ2v) is 8.99. The monoisotopic (exact) mass is 388 g/mol. The molecule has 3 aliphatic rings. The zero-order valence-electron chi connectivity index (χ0n) is 15.9. The minimum Gasteiger partial charge on any atom is -0.497 e. The Morgan fingerprint density at radius 2 is 2.07 bits per heavy atom. The zero-order chi connectivity index (χ0) is 18.8. The smallest absolute Gasteiger partial charge is 0.241 e. The van der Waals surface area contributed by atoms with Gasteiger partial charge in [-0.2, -0.15) is 0 Å². The van der Waals surface area contributed by atoms with Crippen LogP contribution in [0, 0.1) is 5.92 Å². The van der Waals surface area contributed by atoms with Crippen molar-refractivity contribution in [3.05, 3.63) is 29.3 Å². The van der Waals surface area contributed by atoms with Crippen LogP contribution < -0.4 is 10.1 Å². The van der Waals surface area contributed by atoms with Crippen molar-refractivity contribution >= 4 is 23.5 Å². The van der Waals surface area contributed by atoms with Crippen molar-refractivity contribution in [1.82, 2.24) is 10.2 Å². The van der Waals surface area contributed by atoms with E-state index >= 15 is 0 Å². The van der Waals surface area contributed by atoms with Crippen LogP contribution in [0.4, 0.5) is 0 Å². The number of carbonyl (C=O) groups is 2. The van der Waals surface area contributed by atoms with Gasteiger partial charge in [0, 0.05) is 25.4 Å². The van der Waals surface area contributed by atoms with Crippen LogP contribution in [0.25, 0.3) is 0 Å². The highest BCUT2D eigenvalue weighted by Crippen LogP contribution is 2.33. The number of ketones is 1. The van der Waals surface area contributed by atoms with Gasteiger partial charge < -0.3 is 9.64 Å². The number of hydrogen-bond donors (Lipinski definition) is 1. The third-order valence-electron chi connectivity index (χ3n) is 6.10. The molecule has 2 unspecified atom stereocenters. The van der Waals surface area contributed by atoms with Crippen LogP contribution >= 0.6 is 11.8 Å². The molecule has 0 bridgehead atoms. The van der Waals surface area contributed by atoms with Crippen molar-refractivity contribution in [1.29, 1.82) is 0 Å². The lowest BCUT2D eigenvalue weighted by molar-refractivity contribution is -0.134. The summed E-state index contributed by atoms with van der Waals surface area (Å²) >= 11 is 1.60. The van der Waals surface area contributed by atoms with E-state index in [0.29, 0.717) is 18.2 Å². The van der Waals surface area contributed by atoms with Crippen LogP contribution in [0.2, 0.25) is 0 Å². The summed E-state index contributed by atoms with van der Waals surface area (Å²) in [7, 11) is 1.69. The number of nitrogens with zero attached hydrogens (tertiary/aromatic N) is 1. The molecule has 0 radical (unpaired) electrons. The number of aryl methyl sites for hydroxylation is 1. The lowest BCUT2D eigenvalue weighted by Crippen LogP contribution is -2.49. The van der Waals surface area contributed by atoms with Crippen LogP contribution in [0.15, 0.2) is 18.2 Å². The summed E-state index contributed by atoms with van der Waals surface area (Å²) in [4.78, 5) is 27.7. The first-order valence-corrected chi connectivity index (χ1v) is 11.0. The molecule has 1 aromatic rings. The Kier molecular flexibility index (Phi) is 5.74. The number of hydrogen-bond acceptors (Lipinski definition) is 5. The van der Waals surface area contributed by atoms with Gasteiger partial charge in [-0.15, -0.1) is 11.8 Å². The van der Waals surface area contributed by atoms with Gasteiger partial charge in [0.15, 0.2) is 0 Å². The van der Waals surface area contributed by atoms with Gasteiger partial charge in [0.2, 0.25) is 5.91 Å². The molecule has 2 aliphatic heterocycles. The number of thioether (sulfide) groups is 1. The van der Waals surface area contributed by atoms with Crippen LogP contribution in [0.5, 0.6) is 5.75 Å². The van der Waals surface area contributed by atoms with Crippen molar-refractivity contribution in [2.75, 3.05) is 26.1 Å². The predicted octanol–water partition coefficient (Wildman–Crippen LogP) is 2.41. The minimum atomic E-state index is -0.333. The van der Waals surface area contributed by atoms with E-state index in [1.165, 1.54) is 11.1 Å². The number of carbonyl (C=O) groups excluding carboxylic acids is 2. The van der Waals surface area contributed by atoms with Crippen LogP contribution in [-0.2, 0) is 22.4 Å². The number of methoxy groups -OCH3 is 1. The second-order valence-electron chi connectivity index (χ2n) is 7.86. The molecule has 1 N–H and O–H groups in total. The summed E-state index contributed by atoms with van der Waals surface area (Å²) in [5.74, 6) is 2.33. The van der Waals surface area contributed by atoms with Gasteiger partial charge in [-0.25, -0.2) is 0 Å². The van der Waals surface area contributed by atoms with Crippen molar-refractivity contribution in [2.45, 2.75) is 49.8 Å². The van der Waals surface area contributed by atoms with E-state index in [4.69, 9.17) is 4.74 Å². The van der Waals surface area contributed by atoms with Crippen LogP contribution in [0.3, 0.4) is 0 Å². The van der Waals surface area contributed by atoms with E-state index in [1.54, 1.807) is 18.9 Å². The number of nitrogens with one attached hydrogen (secondary N) is 1. The van der Waals surface area contributed by atoms with Crippen LogP contribution in [-0.4, -0.2) is 54.0 Å². The number of ether oxygens (including phenoxy) is 1. The molecule has 0 spiro atoms. The van der Waals surface area contributed by atoms with Crippen molar-refractivity contribution in [2.24, 2.45) is 5.92 Å². The Labute approximate surface area is 165 Å². The molecule has 4 rings (SSSR count).